The second-order valence-corrected chi connectivity index (χ2v) is 6.45. The molecule has 0 aliphatic heterocycles. The highest BCUT2D eigenvalue weighted by Crippen LogP contribution is 2.34. The zero-order valence-electron chi connectivity index (χ0n) is 15.6. The van der Waals surface area contributed by atoms with Crippen LogP contribution in [0.1, 0.15) is 15.9 Å². The molecule has 1 amide bonds. The molecule has 0 saturated carbocycles. The third-order valence-corrected chi connectivity index (χ3v) is 4.25. The fraction of sp³-hybridized carbons (Fsp3) is 0.100. The number of aromatic nitrogens is 1. The fourth-order valence-corrected chi connectivity index (χ4v) is 2.71. The van der Waals surface area contributed by atoms with Gasteiger partial charge in [-0.15, -0.1) is 0 Å². The van der Waals surface area contributed by atoms with E-state index in [-0.39, 0.29) is 46.1 Å². The van der Waals surface area contributed by atoms with Gasteiger partial charge in [0.25, 0.3) is 5.91 Å². The van der Waals surface area contributed by atoms with E-state index in [0.717, 1.165) is 12.1 Å². The van der Waals surface area contributed by atoms with Crippen LogP contribution in [0.5, 0.6) is 23.1 Å². The predicted molar refractivity (Wildman–Crippen MR) is 107 cm³/mol. The van der Waals surface area contributed by atoms with Crippen molar-refractivity contribution in [3.05, 3.63) is 70.9 Å². The Hall–Kier alpha value is -3.50. The number of nitrogens with one attached hydrogen (secondary N) is 1. The molecule has 31 heavy (non-hydrogen) atoms. The number of benzene rings is 2. The number of carbonyl (C=O) groups excluding carboxylic acids is 1. The van der Waals surface area contributed by atoms with Gasteiger partial charge < -0.3 is 19.9 Å². The smallest absolute Gasteiger partial charge is 0.417 e. The van der Waals surface area contributed by atoms with Crippen LogP contribution in [0.15, 0.2) is 54.7 Å². The summed E-state index contributed by atoms with van der Waals surface area (Å²) in [6, 6.07) is 10.5. The Morgan fingerprint density at radius 1 is 1.16 bits per heavy atom. The molecule has 0 bridgehead atoms. The van der Waals surface area contributed by atoms with Crippen molar-refractivity contribution in [2.24, 2.45) is 5.73 Å². The molecular weight excluding hydrogens is 439 g/mol. The molecule has 1 aromatic heterocycles. The zero-order valence-corrected chi connectivity index (χ0v) is 16.4. The lowest BCUT2D eigenvalue weighted by molar-refractivity contribution is -0.137. The van der Waals surface area contributed by atoms with Crippen LogP contribution in [-0.2, 0) is 6.18 Å². The molecular formula is C20H15ClF3N3O4. The number of pyridine rings is 1. The van der Waals surface area contributed by atoms with Gasteiger partial charge in [-0.2, -0.15) is 13.2 Å². The van der Waals surface area contributed by atoms with Gasteiger partial charge in [-0.3, -0.25) is 10.5 Å². The molecule has 0 atom stereocenters. The number of alkyl halides is 3. The summed E-state index contributed by atoms with van der Waals surface area (Å²) >= 11 is 6.14. The average Bonchev–Trinajstić information content (AvgIpc) is 2.71. The molecule has 0 fully saturated rings. The summed E-state index contributed by atoms with van der Waals surface area (Å²) in [7, 11) is 0. The molecule has 162 valence electrons. The minimum Gasteiger partial charge on any atom is -0.504 e. The number of amides is 1. The van der Waals surface area contributed by atoms with Crippen LogP contribution in [0.25, 0.3) is 0 Å². The van der Waals surface area contributed by atoms with E-state index in [0.29, 0.717) is 6.20 Å². The number of phenolic OH excluding ortho intramolecular Hbond substituents is 1. The van der Waals surface area contributed by atoms with Crippen molar-refractivity contribution in [1.82, 2.24) is 4.98 Å². The lowest BCUT2D eigenvalue weighted by atomic mass is 10.1. The van der Waals surface area contributed by atoms with Crippen LogP contribution in [0.4, 0.5) is 18.9 Å². The van der Waals surface area contributed by atoms with Crippen LogP contribution in [0, 0.1) is 0 Å². The van der Waals surface area contributed by atoms with Gasteiger partial charge in [0.15, 0.2) is 11.5 Å². The number of aromatic hydroxyl groups is 1. The largest absolute Gasteiger partial charge is 0.504 e. The standard InChI is InChI=1S/C20H15ClF3N3O4/c21-14-8-12(27-19(29)13-2-1-3-16(18(13)28)30-10-25)5-6-15(14)31-17-7-4-11(9-26-17)20(22,23)24/h1-9,28H,10,25H2,(H,27,29). The first-order valence-electron chi connectivity index (χ1n) is 8.66. The molecule has 4 N–H and O–H groups in total. The molecule has 2 aromatic carbocycles. The van der Waals surface area contributed by atoms with Crippen LogP contribution < -0.4 is 20.5 Å². The molecule has 7 nitrogen and oxygen atoms in total. The molecule has 3 aromatic rings. The lowest BCUT2D eigenvalue weighted by Crippen LogP contribution is -2.13. The zero-order chi connectivity index (χ0) is 22.6. The van der Waals surface area contributed by atoms with Gasteiger partial charge in [-0.25, -0.2) is 4.98 Å². The summed E-state index contributed by atoms with van der Waals surface area (Å²) in [6.45, 7) is -0.177. The van der Waals surface area contributed by atoms with E-state index in [1.165, 1.54) is 36.4 Å². The van der Waals surface area contributed by atoms with E-state index >= 15 is 0 Å². The molecule has 11 heteroatoms. The van der Waals surface area contributed by atoms with Crippen molar-refractivity contribution in [3.8, 4) is 23.1 Å². The summed E-state index contributed by atoms with van der Waals surface area (Å²) in [6.07, 6.45) is -3.86. The first-order chi connectivity index (χ1) is 14.7. The fourth-order valence-electron chi connectivity index (χ4n) is 2.49. The number of carbonyl (C=O) groups is 1. The maximum absolute atomic E-state index is 12.6. The van der Waals surface area contributed by atoms with Crippen molar-refractivity contribution < 1.29 is 32.5 Å². The first-order valence-corrected chi connectivity index (χ1v) is 9.03. The number of hydrogen-bond acceptors (Lipinski definition) is 6. The third-order valence-electron chi connectivity index (χ3n) is 3.95. The highest BCUT2D eigenvalue weighted by Gasteiger charge is 2.30. The number of nitrogens with two attached hydrogens (primary N) is 1. The van der Waals surface area contributed by atoms with Crippen molar-refractivity contribution in [2.75, 3.05) is 12.0 Å². The van der Waals surface area contributed by atoms with E-state index < -0.39 is 17.6 Å². The minimum atomic E-state index is -4.51. The summed E-state index contributed by atoms with van der Waals surface area (Å²) in [5.41, 5.74) is 4.61. The van der Waals surface area contributed by atoms with Gasteiger partial charge in [0.2, 0.25) is 5.88 Å². The van der Waals surface area contributed by atoms with Crippen LogP contribution in [-0.4, -0.2) is 22.7 Å². The van der Waals surface area contributed by atoms with Gasteiger partial charge >= 0.3 is 6.18 Å². The molecule has 3 rings (SSSR count). The van der Waals surface area contributed by atoms with Gasteiger partial charge in [0.05, 0.1) is 16.1 Å². The Morgan fingerprint density at radius 2 is 1.94 bits per heavy atom. The van der Waals surface area contributed by atoms with E-state index in [4.69, 9.17) is 26.8 Å². The number of halogens is 4. The topological polar surface area (TPSA) is 107 Å². The Balaban J connectivity index is 1.72. The van der Waals surface area contributed by atoms with Crippen molar-refractivity contribution in [2.45, 2.75) is 6.18 Å². The number of rotatable bonds is 6. The highest BCUT2D eigenvalue weighted by atomic mass is 35.5. The maximum atomic E-state index is 12.6. The van der Waals surface area contributed by atoms with E-state index in [9.17, 15) is 23.1 Å². The predicted octanol–water partition coefficient (Wildman–Crippen LogP) is 4.80. The minimum absolute atomic E-state index is 0.0450. The SMILES string of the molecule is NCOc1cccc(C(=O)Nc2ccc(Oc3ccc(C(F)(F)F)cn3)c(Cl)c2)c1O. The first kappa shape index (κ1) is 22.2. The summed E-state index contributed by atoms with van der Waals surface area (Å²) < 4.78 is 48.2. The average molecular weight is 454 g/mol. The Kier molecular flexibility index (Phi) is 6.52. The van der Waals surface area contributed by atoms with Crippen LogP contribution in [0.2, 0.25) is 5.02 Å². The Morgan fingerprint density at radius 3 is 2.55 bits per heavy atom. The normalized spacial score (nSPS) is 11.1. The molecule has 0 radical (unpaired) electrons. The maximum Gasteiger partial charge on any atom is 0.417 e. The lowest BCUT2D eigenvalue weighted by Gasteiger charge is -2.12. The Labute approximate surface area is 179 Å². The van der Waals surface area contributed by atoms with E-state index in [2.05, 4.69) is 10.3 Å². The van der Waals surface area contributed by atoms with Gasteiger partial charge in [-0.1, -0.05) is 17.7 Å². The monoisotopic (exact) mass is 453 g/mol. The van der Waals surface area contributed by atoms with E-state index in [1.54, 1.807) is 0 Å². The van der Waals surface area contributed by atoms with Gasteiger partial charge in [-0.05, 0) is 36.4 Å². The Bertz CT molecular complexity index is 1090. The molecule has 0 spiro atoms. The molecule has 0 unspecified atom stereocenters. The summed E-state index contributed by atoms with van der Waals surface area (Å²) in [5, 5.41) is 12.8. The number of ether oxygens (including phenoxy) is 2. The molecule has 0 saturated heterocycles. The van der Waals surface area contributed by atoms with Crippen molar-refractivity contribution in [3.63, 3.8) is 0 Å². The molecule has 1 heterocycles. The number of hydrogen-bond donors (Lipinski definition) is 3. The second-order valence-electron chi connectivity index (χ2n) is 6.05. The van der Waals surface area contributed by atoms with Gasteiger partial charge in [0, 0.05) is 18.0 Å². The van der Waals surface area contributed by atoms with Crippen molar-refractivity contribution >= 4 is 23.2 Å². The summed E-state index contributed by atoms with van der Waals surface area (Å²) in [4.78, 5) is 16.1. The molecule has 0 aliphatic rings. The quantitative estimate of drug-likeness (QED) is 0.463. The number of para-hydroxylation sites is 1. The van der Waals surface area contributed by atoms with Crippen LogP contribution in [0.3, 0.4) is 0 Å². The number of anilines is 1. The van der Waals surface area contributed by atoms with E-state index in [1.807, 2.05) is 0 Å². The number of phenols is 1. The highest BCUT2D eigenvalue weighted by molar-refractivity contribution is 6.32. The number of nitrogens with zero attached hydrogens (tertiary/aromatic N) is 1. The summed E-state index contributed by atoms with van der Waals surface area (Å²) in [5.74, 6) is -0.915. The van der Waals surface area contributed by atoms with Gasteiger partial charge in [0.1, 0.15) is 12.5 Å². The second kappa shape index (κ2) is 9.11. The third kappa shape index (κ3) is 5.36. The molecule has 0 aliphatic carbocycles. The van der Waals surface area contributed by atoms with Crippen LogP contribution >= 0.6 is 11.6 Å². The van der Waals surface area contributed by atoms with Crippen molar-refractivity contribution in [1.29, 1.82) is 0 Å².